The third-order valence-corrected chi connectivity index (χ3v) is 3.26. The number of benzene rings is 2. The van der Waals surface area contributed by atoms with Crippen molar-refractivity contribution >= 4 is 17.3 Å². The third kappa shape index (κ3) is 4.18. The molecule has 2 rings (SSSR count). The van der Waals surface area contributed by atoms with Gasteiger partial charge in [0, 0.05) is 18.4 Å². The third-order valence-electron chi connectivity index (χ3n) is 3.26. The molecule has 0 aliphatic rings. The molecule has 24 heavy (non-hydrogen) atoms. The minimum atomic E-state index is -4.47. The number of nitrogens with one attached hydrogen (secondary N) is 2. The number of halogens is 3. The molecule has 0 saturated carbocycles. The number of amides is 1. The quantitative estimate of drug-likeness (QED) is 0.850. The topological polar surface area (TPSA) is 50.4 Å². The summed E-state index contributed by atoms with van der Waals surface area (Å²) in [5, 5.41) is 5.37. The molecule has 2 aromatic carbocycles. The van der Waals surface area contributed by atoms with Crippen LogP contribution in [0.5, 0.6) is 5.75 Å². The molecule has 0 unspecified atom stereocenters. The van der Waals surface area contributed by atoms with E-state index in [-0.39, 0.29) is 11.3 Å². The molecule has 0 aliphatic heterocycles. The second-order valence-electron chi connectivity index (χ2n) is 4.93. The van der Waals surface area contributed by atoms with Crippen LogP contribution in [0.3, 0.4) is 0 Å². The van der Waals surface area contributed by atoms with E-state index in [0.717, 1.165) is 12.1 Å². The number of carbonyl (C=O) groups is 1. The Kier molecular flexibility index (Phi) is 5.33. The van der Waals surface area contributed by atoms with E-state index in [1.807, 2.05) is 0 Å². The van der Waals surface area contributed by atoms with Crippen molar-refractivity contribution < 1.29 is 22.7 Å². The summed E-state index contributed by atoms with van der Waals surface area (Å²) >= 11 is 0. The first-order chi connectivity index (χ1) is 11.3. The number of anilines is 2. The Balaban J connectivity index is 2.29. The van der Waals surface area contributed by atoms with Crippen molar-refractivity contribution in [2.75, 3.05) is 24.3 Å². The van der Waals surface area contributed by atoms with Gasteiger partial charge in [-0.05, 0) is 43.3 Å². The van der Waals surface area contributed by atoms with E-state index in [1.54, 1.807) is 32.2 Å². The molecule has 4 nitrogen and oxygen atoms in total. The number of carbonyl (C=O) groups excluding carboxylic acids is 1. The minimum absolute atomic E-state index is 0.0622. The fourth-order valence-electron chi connectivity index (χ4n) is 2.12. The summed E-state index contributed by atoms with van der Waals surface area (Å²) in [7, 11) is 1.70. The molecule has 7 heteroatoms. The number of ether oxygens (including phenoxy) is 1. The molecular formula is C17H17F3N2O2. The highest BCUT2D eigenvalue weighted by Gasteiger charge is 2.30. The first-order valence-electron chi connectivity index (χ1n) is 7.28. The Labute approximate surface area is 137 Å². The maximum Gasteiger partial charge on any atom is 0.416 e. The summed E-state index contributed by atoms with van der Waals surface area (Å²) < 4.78 is 43.7. The summed E-state index contributed by atoms with van der Waals surface area (Å²) in [4.78, 5) is 12.4. The Bertz CT molecular complexity index is 730. The van der Waals surface area contributed by atoms with E-state index < -0.39 is 17.6 Å². The van der Waals surface area contributed by atoms with Gasteiger partial charge in [0.2, 0.25) is 0 Å². The lowest BCUT2D eigenvalue weighted by Crippen LogP contribution is -2.15. The molecule has 1 amide bonds. The van der Waals surface area contributed by atoms with Crippen LogP contribution in [0.2, 0.25) is 0 Å². The molecule has 0 heterocycles. The molecule has 0 atom stereocenters. The van der Waals surface area contributed by atoms with E-state index in [4.69, 9.17) is 4.74 Å². The molecule has 0 bridgehead atoms. The van der Waals surface area contributed by atoms with Crippen molar-refractivity contribution in [1.82, 2.24) is 0 Å². The molecule has 0 aromatic heterocycles. The van der Waals surface area contributed by atoms with Crippen LogP contribution in [-0.2, 0) is 6.18 Å². The number of hydrogen-bond donors (Lipinski definition) is 2. The maximum absolute atomic E-state index is 12.8. The SMILES string of the molecule is CCOc1ccc(NC)cc1C(=O)Nc1cccc(C(F)(F)F)c1. The number of alkyl halides is 3. The minimum Gasteiger partial charge on any atom is -0.493 e. The highest BCUT2D eigenvalue weighted by Crippen LogP contribution is 2.31. The van der Waals surface area contributed by atoms with Crippen molar-refractivity contribution in [3.63, 3.8) is 0 Å². The van der Waals surface area contributed by atoms with Gasteiger partial charge >= 0.3 is 6.18 Å². The molecule has 0 aliphatic carbocycles. The zero-order valence-electron chi connectivity index (χ0n) is 13.2. The zero-order chi connectivity index (χ0) is 17.7. The summed E-state index contributed by atoms with van der Waals surface area (Å²) in [5.74, 6) is -0.184. The van der Waals surface area contributed by atoms with Gasteiger partial charge < -0.3 is 15.4 Å². The fraction of sp³-hybridized carbons (Fsp3) is 0.235. The molecule has 0 spiro atoms. The second kappa shape index (κ2) is 7.25. The molecule has 128 valence electrons. The fourth-order valence-corrected chi connectivity index (χ4v) is 2.12. The van der Waals surface area contributed by atoms with E-state index in [1.165, 1.54) is 12.1 Å². The van der Waals surface area contributed by atoms with E-state index >= 15 is 0 Å². The highest BCUT2D eigenvalue weighted by atomic mass is 19.4. The van der Waals surface area contributed by atoms with E-state index in [2.05, 4.69) is 10.6 Å². The lowest BCUT2D eigenvalue weighted by molar-refractivity contribution is -0.137. The zero-order valence-corrected chi connectivity index (χ0v) is 13.2. The Morgan fingerprint density at radius 2 is 1.88 bits per heavy atom. The largest absolute Gasteiger partial charge is 0.493 e. The summed E-state index contributed by atoms with van der Waals surface area (Å²) in [6.07, 6.45) is -4.47. The number of hydrogen-bond acceptors (Lipinski definition) is 3. The van der Waals surface area contributed by atoms with Crippen LogP contribution >= 0.6 is 0 Å². The maximum atomic E-state index is 12.8. The first kappa shape index (κ1) is 17.7. The molecule has 2 N–H and O–H groups in total. The van der Waals surface area contributed by atoms with Crippen LogP contribution in [0.15, 0.2) is 42.5 Å². The Morgan fingerprint density at radius 3 is 2.50 bits per heavy atom. The standard InChI is InChI=1S/C17H17F3N2O2/c1-3-24-15-8-7-12(21-2)10-14(15)16(23)22-13-6-4-5-11(9-13)17(18,19)20/h4-10,21H,3H2,1-2H3,(H,22,23). The van der Waals surface area contributed by atoms with Crippen molar-refractivity contribution in [2.24, 2.45) is 0 Å². The monoisotopic (exact) mass is 338 g/mol. The molecule has 0 saturated heterocycles. The van der Waals surface area contributed by atoms with Crippen LogP contribution in [-0.4, -0.2) is 19.6 Å². The van der Waals surface area contributed by atoms with Crippen molar-refractivity contribution in [3.8, 4) is 5.75 Å². The van der Waals surface area contributed by atoms with E-state index in [0.29, 0.717) is 18.0 Å². The van der Waals surface area contributed by atoms with Gasteiger partial charge in [0.25, 0.3) is 5.91 Å². The van der Waals surface area contributed by atoms with Crippen LogP contribution in [0.4, 0.5) is 24.5 Å². The molecule has 2 aromatic rings. The van der Waals surface area contributed by atoms with Gasteiger partial charge in [0.05, 0.1) is 17.7 Å². The van der Waals surface area contributed by atoms with Gasteiger partial charge in [-0.25, -0.2) is 0 Å². The van der Waals surface area contributed by atoms with Crippen LogP contribution in [0.1, 0.15) is 22.8 Å². The average molecular weight is 338 g/mol. The molecular weight excluding hydrogens is 321 g/mol. The number of rotatable bonds is 5. The summed E-state index contributed by atoms with van der Waals surface area (Å²) in [6, 6.07) is 9.43. The van der Waals surface area contributed by atoms with Gasteiger partial charge in [-0.2, -0.15) is 13.2 Å². The van der Waals surface area contributed by atoms with Gasteiger partial charge in [-0.1, -0.05) is 6.07 Å². The summed E-state index contributed by atoms with van der Waals surface area (Å²) in [5.41, 5.74) is 0.162. The highest BCUT2D eigenvalue weighted by molar-refractivity contribution is 6.06. The lowest BCUT2D eigenvalue weighted by atomic mass is 10.1. The average Bonchev–Trinajstić information content (AvgIpc) is 2.55. The van der Waals surface area contributed by atoms with Gasteiger partial charge in [-0.15, -0.1) is 0 Å². The second-order valence-corrected chi connectivity index (χ2v) is 4.93. The molecule has 0 fully saturated rings. The predicted molar refractivity (Wildman–Crippen MR) is 86.6 cm³/mol. The van der Waals surface area contributed by atoms with Gasteiger partial charge in [0.1, 0.15) is 5.75 Å². The lowest BCUT2D eigenvalue weighted by Gasteiger charge is -2.13. The van der Waals surface area contributed by atoms with Crippen molar-refractivity contribution in [2.45, 2.75) is 13.1 Å². The summed E-state index contributed by atoms with van der Waals surface area (Å²) in [6.45, 7) is 2.14. The van der Waals surface area contributed by atoms with Crippen LogP contribution in [0, 0.1) is 0 Å². The van der Waals surface area contributed by atoms with Crippen LogP contribution < -0.4 is 15.4 Å². The first-order valence-corrected chi connectivity index (χ1v) is 7.28. The predicted octanol–water partition coefficient (Wildman–Crippen LogP) is 4.40. The van der Waals surface area contributed by atoms with Crippen molar-refractivity contribution in [3.05, 3.63) is 53.6 Å². The van der Waals surface area contributed by atoms with Crippen LogP contribution in [0.25, 0.3) is 0 Å². The van der Waals surface area contributed by atoms with E-state index in [9.17, 15) is 18.0 Å². The normalized spacial score (nSPS) is 11.0. The van der Waals surface area contributed by atoms with Gasteiger partial charge in [-0.3, -0.25) is 4.79 Å². The van der Waals surface area contributed by atoms with Gasteiger partial charge in [0.15, 0.2) is 0 Å². The smallest absolute Gasteiger partial charge is 0.416 e. The Morgan fingerprint density at radius 1 is 1.12 bits per heavy atom. The molecule has 0 radical (unpaired) electrons. The van der Waals surface area contributed by atoms with Crippen molar-refractivity contribution in [1.29, 1.82) is 0 Å². The Hall–Kier alpha value is -2.70.